The van der Waals surface area contributed by atoms with Crippen molar-refractivity contribution in [2.24, 2.45) is 0 Å². The maximum Gasteiger partial charge on any atom is 0.129 e. The minimum atomic E-state index is -0.513. The van der Waals surface area contributed by atoms with Crippen LogP contribution in [0.2, 0.25) is 0 Å². The molecule has 1 aliphatic rings. The second-order valence-electron chi connectivity index (χ2n) is 4.06. The Bertz CT molecular complexity index is 440. The molecule has 0 saturated heterocycles. The largest absolute Gasteiger partial charge is 0.365 e. The molecule has 2 N–H and O–H groups in total. The minimum Gasteiger partial charge on any atom is -0.365 e. The summed E-state index contributed by atoms with van der Waals surface area (Å²) in [6.07, 6.45) is 0.225. The molecule has 0 fully saturated rings. The molecule has 5 heteroatoms. The molecule has 0 radical (unpaired) electrons. The Morgan fingerprint density at radius 3 is 2.65 bits per heavy atom. The van der Waals surface area contributed by atoms with Crippen LogP contribution in [0.3, 0.4) is 0 Å². The Morgan fingerprint density at radius 2 is 2.00 bits per heavy atom. The Kier molecular flexibility index (Phi) is 3.69. The monoisotopic (exact) mass is 256 g/mol. The van der Waals surface area contributed by atoms with E-state index >= 15 is 0 Å². The van der Waals surface area contributed by atoms with Gasteiger partial charge in [-0.15, -0.1) is 12.6 Å². The lowest BCUT2D eigenvalue weighted by molar-refractivity contribution is 0.536. The van der Waals surface area contributed by atoms with E-state index in [1.165, 1.54) is 18.2 Å². The molecule has 1 aromatic carbocycles. The summed E-state index contributed by atoms with van der Waals surface area (Å²) in [5.41, 5.74) is 1.78. The number of rotatable bonds is 2. The van der Waals surface area contributed by atoms with Gasteiger partial charge in [0.05, 0.1) is 0 Å². The van der Waals surface area contributed by atoms with Gasteiger partial charge in [0.25, 0.3) is 0 Å². The van der Waals surface area contributed by atoms with Crippen molar-refractivity contribution in [2.45, 2.75) is 18.8 Å². The van der Waals surface area contributed by atoms with E-state index in [-0.39, 0.29) is 17.5 Å². The van der Waals surface area contributed by atoms with Crippen LogP contribution < -0.4 is 10.6 Å². The van der Waals surface area contributed by atoms with Crippen molar-refractivity contribution in [3.05, 3.63) is 46.7 Å². The smallest absolute Gasteiger partial charge is 0.129 e. The summed E-state index contributed by atoms with van der Waals surface area (Å²) >= 11 is 4.24. The van der Waals surface area contributed by atoms with Crippen LogP contribution in [0.1, 0.15) is 12.5 Å². The molecule has 0 amide bonds. The average molecular weight is 256 g/mol. The summed E-state index contributed by atoms with van der Waals surface area (Å²) in [5, 5.41) is 6.15. The van der Waals surface area contributed by atoms with Crippen LogP contribution in [0.15, 0.2) is 29.5 Å². The van der Waals surface area contributed by atoms with E-state index in [0.717, 1.165) is 11.3 Å². The highest BCUT2D eigenvalue weighted by atomic mass is 32.1. The summed E-state index contributed by atoms with van der Waals surface area (Å²) in [7, 11) is 0. The summed E-state index contributed by atoms with van der Waals surface area (Å²) in [4.78, 5) is 0. The van der Waals surface area contributed by atoms with E-state index in [1.807, 2.05) is 6.92 Å². The van der Waals surface area contributed by atoms with Crippen molar-refractivity contribution in [2.75, 3.05) is 6.54 Å². The van der Waals surface area contributed by atoms with Crippen molar-refractivity contribution < 1.29 is 8.78 Å². The molecule has 1 atom stereocenters. The van der Waals surface area contributed by atoms with Gasteiger partial charge >= 0.3 is 0 Å². The minimum absolute atomic E-state index is 0.0942. The zero-order valence-corrected chi connectivity index (χ0v) is 10.3. The average Bonchev–Trinajstić information content (AvgIpc) is 2.28. The van der Waals surface area contributed by atoms with Crippen molar-refractivity contribution in [1.29, 1.82) is 0 Å². The second kappa shape index (κ2) is 5.06. The molecule has 1 aromatic rings. The first-order valence-electron chi connectivity index (χ1n) is 5.37. The molecule has 1 aliphatic heterocycles. The van der Waals surface area contributed by atoms with Crippen LogP contribution in [0.4, 0.5) is 8.78 Å². The Balaban J connectivity index is 2.26. The van der Waals surface area contributed by atoms with Crippen LogP contribution in [-0.2, 0) is 6.42 Å². The summed E-state index contributed by atoms with van der Waals surface area (Å²) in [5.74, 6) is -1.03. The van der Waals surface area contributed by atoms with Crippen molar-refractivity contribution in [1.82, 2.24) is 10.6 Å². The number of allylic oxidation sites excluding steroid dienone is 1. The van der Waals surface area contributed by atoms with E-state index in [2.05, 4.69) is 23.3 Å². The number of hydrogen-bond acceptors (Lipinski definition) is 3. The summed E-state index contributed by atoms with van der Waals surface area (Å²) < 4.78 is 27.0. The number of thiol groups is 1. The fourth-order valence-corrected chi connectivity index (χ4v) is 2.02. The third kappa shape index (κ3) is 2.79. The van der Waals surface area contributed by atoms with Gasteiger partial charge < -0.3 is 5.32 Å². The Hall–Kier alpha value is -1.07. The first-order valence-corrected chi connectivity index (χ1v) is 5.89. The fraction of sp³-hybridized carbons (Fsp3) is 0.333. The van der Waals surface area contributed by atoms with Gasteiger partial charge in [0, 0.05) is 24.2 Å². The summed E-state index contributed by atoms with van der Waals surface area (Å²) in [6, 6.07) is 3.91. The molecule has 0 aliphatic carbocycles. The topological polar surface area (TPSA) is 24.1 Å². The highest BCUT2D eigenvalue weighted by molar-refractivity contribution is 7.80. The molecule has 1 heterocycles. The van der Waals surface area contributed by atoms with E-state index < -0.39 is 11.6 Å². The molecule has 0 aromatic heterocycles. The Labute approximate surface area is 105 Å². The number of hydrogen-bond donors (Lipinski definition) is 3. The van der Waals surface area contributed by atoms with E-state index in [4.69, 9.17) is 0 Å². The predicted octanol–water partition coefficient (Wildman–Crippen LogP) is 2.19. The third-order valence-electron chi connectivity index (χ3n) is 2.80. The lowest BCUT2D eigenvalue weighted by Crippen LogP contribution is -2.43. The van der Waals surface area contributed by atoms with Crippen LogP contribution in [0.5, 0.6) is 0 Å². The molecule has 2 rings (SSSR count). The van der Waals surface area contributed by atoms with Crippen LogP contribution in [-0.4, -0.2) is 12.0 Å². The van der Waals surface area contributed by atoms with Gasteiger partial charge in [0.1, 0.15) is 17.1 Å². The van der Waals surface area contributed by atoms with Gasteiger partial charge in [-0.1, -0.05) is 6.07 Å². The van der Waals surface area contributed by atoms with E-state index in [1.54, 1.807) is 0 Å². The third-order valence-corrected chi connectivity index (χ3v) is 3.11. The maximum atomic E-state index is 13.5. The van der Waals surface area contributed by atoms with Crippen molar-refractivity contribution in [3.8, 4) is 0 Å². The zero-order valence-electron chi connectivity index (χ0n) is 9.43. The molecule has 0 spiro atoms. The van der Waals surface area contributed by atoms with Crippen molar-refractivity contribution >= 4 is 12.6 Å². The van der Waals surface area contributed by atoms with Crippen molar-refractivity contribution in [3.63, 3.8) is 0 Å². The van der Waals surface area contributed by atoms with Gasteiger partial charge in [-0.3, -0.25) is 5.32 Å². The number of nitrogens with one attached hydrogen (secondary N) is 2. The molecular formula is C12H14F2N2S. The predicted molar refractivity (Wildman–Crippen MR) is 66.7 cm³/mol. The highest BCUT2D eigenvalue weighted by Gasteiger charge is 2.17. The Morgan fingerprint density at radius 1 is 1.35 bits per heavy atom. The first kappa shape index (κ1) is 12.4. The SMILES string of the molecule is CC1=C(Cc2c(F)cccc2F)NC(S)NC1. The van der Waals surface area contributed by atoms with Gasteiger partial charge in [0.2, 0.25) is 0 Å². The molecule has 92 valence electrons. The quantitative estimate of drug-likeness (QED) is 0.707. The molecule has 17 heavy (non-hydrogen) atoms. The van der Waals surface area contributed by atoms with Gasteiger partial charge in [-0.2, -0.15) is 0 Å². The van der Waals surface area contributed by atoms with E-state index in [9.17, 15) is 8.78 Å². The lowest BCUT2D eigenvalue weighted by Gasteiger charge is -2.26. The van der Waals surface area contributed by atoms with Crippen LogP contribution in [0.25, 0.3) is 0 Å². The van der Waals surface area contributed by atoms with Gasteiger partial charge in [0.15, 0.2) is 0 Å². The van der Waals surface area contributed by atoms with Crippen LogP contribution in [0, 0.1) is 11.6 Å². The standard InChI is InChI=1S/C12H14F2N2S/c1-7-6-15-12(17)16-11(7)5-8-9(13)3-2-4-10(8)14/h2-4,12,15-17H,5-6H2,1H3. The zero-order chi connectivity index (χ0) is 12.4. The summed E-state index contributed by atoms with van der Waals surface area (Å²) in [6.45, 7) is 2.60. The lowest BCUT2D eigenvalue weighted by atomic mass is 10.0. The van der Waals surface area contributed by atoms with Gasteiger partial charge in [-0.05, 0) is 24.6 Å². The fourth-order valence-electron chi connectivity index (χ4n) is 1.78. The molecule has 2 nitrogen and oxygen atoms in total. The molecule has 0 saturated carbocycles. The number of halogens is 2. The molecule has 0 bridgehead atoms. The normalized spacial score (nSPS) is 20.4. The number of benzene rings is 1. The van der Waals surface area contributed by atoms with Crippen LogP contribution >= 0.6 is 12.6 Å². The highest BCUT2D eigenvalue weighted by Crippen LogP contribution is 2.19. The first-order chi connectivity index (χ1) is 8.08. The van der Waals surface area contributed by atoms with E-state index in [0.29, 0.717) is 6.54 Å². The maximum absolute atomic E-state index is 13.5. The molecular weight excluding hydrogens is 242 g/mol. The molecule has 1 unspecified atom stereocenters. The van der Waals surface area contributed by atoms with Gasteiger partial charge in [-0.25, -0.2) is 8.78 Å². The second-order valence-corrected chi connectivity index (χ2v) is 4.58.